The first-order chi connectivity index (χ1) is 6.24. The molecule has 1 aromatic rings. The monoisotopic (exact) mass is 180 g/mol. The fraction of sp³-hybridized carbons (Fsp3) is 0.556. The van der Waals surface area contributed by atoms with Gasteiger partial charge in [-0.1, -0.05) is 6.92 Å². The van der Waals surface area contributed by atoms with Gasteiger partial charge in [-0.15, -0.1) is 0 Å². The molecule has 0 atom stereocenters. The topological polar surface area (TPSA) is 41.0 Å². The summed E-state index contributed by atoms with van der Waals surface area (Å²) in [6, 6.07) is 1.94. The van der Waals surface area contributed by atoms with E-state index in [1.54, 1.807) is 6.33 Å². The maximum Gasteiger partial charge on any atom is 0.133 e. The van der Waals surface area contributed by atoms with Crippen molar-refractivity contribution in [3.8, 4) is 0 Å². The summed E-state index contributed by atoms with van der Waals surface area (Å²) in [7, 11) is 3.93. The molecule has 0 aromatic carbocycles. The van der Waals surface area contributed by atoms with Crippen molar-refractivity contribution in [1.82, 2.24) is 9.97 Å². The third-order valence-electron chi connectivity index (χ3n) is 1.67. The van der Waals surface area contributed by atoms with Crippen LogP contribution in [0.2, 0.25) is 0 Å². The average Bonchev–Trinajstić information content (AvgIpc) is 2.15. The molecular formula is C9H16N4. The Kier molecular flexibility index (Phi) is 3.49. The Morgan fingerprint density at radius 1 is 1.38 bits per heavy atom. The van der Waals surface area contributed by atoms with E-state index in [0.717, 1.165) is 24.6 Å². The first kappa shape index (κ1) is 9.77. The summed E-state index contributed by atoms with van der Waals surface area (Å²) in [5.41, 5.74) is 0. The van der Waals surface area contributed by atoms with E-state index in [9.17, 15) is 0 Å². The van der Waals surface area contributed by atoms with Gasteiger partial charge < -0.3 is 10.2 Å². The Hall–Kier alpha value is -1.32. The maximum absolute atomic E-state index is 4.12. The fourth-order valence-corrected chi connectivity index (χ4v) is 0.941. The van der Waals surface area contributed by atoms with E-state index in [0.29, 0.717) is 0 Å². The smallest absolute Gasteiger partial charge is 0.133 e. The SMILES string of the molecule is CCCNc1cc(N(C)C)ncn1. The predicted octanol–water partition coefficient (Wildman–Crippen LogP) is 1.36. The van der Waals surface area contributed by atoms with Crippen molar-refractivity contribution >= 4 is 11.6 Å². The molecule has 0 amide bonds. The molecule has 0 aliphatic carbocycles. The molecule has 0 unspecified atom stereocenters. The van der Waals surface area contributed by atoms with Gasteiger partial charge in [-0.25, -0.2) is 9.97 Å². The number of nitrogens with one attached hydrogen (secondary N) is 1. The van der Waals surface area contributed by atoms with Gasteiger partial charge in [0.05, 0.1) is 0 Å². The van der Waals surface area contributed by atoms with E-state index in [-0.39, 0.29) is 0 Å². The first-order valence-corrected chi connectivity index (χ1v) is 4.47. The molecule has 0 aliphatic rings. The molecule has 1 heterocycles. The van der Waals surface area contributed by atoms with Crippen LogP contribution in [0.15, 0.2) is 12.4 Å². The second-order valence-electron chi connectivity index (χ2n) is 3.08. The lowest BCUT2D eigenvalue weighted by Crippen LogP contribution is -2.12. The predicted molar refractivity (Wildman–Crippen MR) is 55.1 cm³/mol. The summed E-state index contributed by atoms with van der Waals surface area (Å²) in [5, 5.41) is 3.21. The number of nitrogens with zero attached hydrogens (tertiary/aromatic N) is 3. The molecule has 0 saturated carbocycles. The fourth-order valence-electron chi connectivity index (χ4n) is 0.941. The summed E-state index contributed by atoms with van der Waals surface area (Å²) in [4.78, 5) is 10.2. The van der Waals surface area contributed by atoms with E-state index < -0.39 is 0 Å². The van der Waals surface area contributed by atoms with Crippen molar-refractivity contribution in [3.63, 3.8) is 0 Å². The zero-order chi connectivity index (χ0) is 9.68. The van der Waals surface area contributed by atoms with Crippen molar-refractivity contribution in [2.45, 2.75) is 13.3 Å². The summed E-state index contributed by atoms with van der Waals surface area (Å²) in [6.07, 6.45) is 2.68. The van der Waals surface area contributed by atoms with Crippen LogP contribution >= 0.6 is 0 Å². The first-order valence-electron chi connectivity index (χ1n) is 4.47. The summed E-state index contributed by atoms with van der Waals surface area (Å²) >= 11 is 0. The van der Waals surface area contributed by atoms with Crippen LogP contribution in [0, 0.1) is 0 Å². The number of hydrogen-bond acceptors (Lipinski definition) is 4. The van der Waals surface area contributed by atoms with E-state index in [4.69, 9.17) is 0 Å². The third-order valence-corrected chi connectivity index (χ3v) is 1.67. The molecule has 4 heteroatoms. The van der Waals surface area contributed by atoms with Crippen molar-refractivity contribution < 1.29 is 0 Å². The Labute approximate surface area is 79.0 Å². The standard InChI is InChI=1S/C9H16N4/c1-4-5-10-8-6-9(13(2)3)12-7-11-8/h6-7H,4-5H2,1-3H3,(H,10,11,12). The Morgan fingerprint density at radius 3 is 2.77 bits per heavy atom. The van der Waals surface area contributed by atoms with Crippen LogP contribution in [0.5, 0.6) is 0 Å². The second-order valence-corrected chi connectivity index (χ2v) is 3.08. The Morgan fingerprint density at radius 2 is 2.15 bits per heavy atom. The van der Waals surface area contributed by atoms with Gasteiger partial charge in [0.1, 0.15) is 18.0 Å². The minimum absolute atomic E-state index is 0.889. The molecule has 1 aromatic heterocycles. The van der Waals surface area contributed by atoms with Gasteiger partial charge in [-0.3, -0.25) is 0 Å². The zero-order valence-electron chi connectivity index (χ0n) is 8.41. The maximum atomic E-state index is 4.12. The molecule has 0 fully saturated rings. The molecule has 13 heavy (non-hydrogen) atoms. The van der Waals surface area contributed by atoms with Gasteiger partial charge in [-0.2, -0.15) is 0 Å². The number of anilines is 2. The van der Waals surface area contributed by atoms with E-state index in [1.165, 1.54) is 0 Å². The lowest BCUT2D eigenvalue weighted by atomic mass is 10.4. The van der Waals surface area contributed by atoms with Crippen molar-refractivity contribution in [2.24, 2.45) is 0 Å². The molecule has 1 rings (SSSR count). The molecule has 72 valence electrons. The van der Waals surface area contributed by atoms with Crippen LogP contribution in [0.4, 0.5) is 11.6 Å². The number of aromatic nitrogens is 2. The number of rotatable bonds is 4. The van der Waals surface area contributed by atoms with Crippen LogP contribution in [0.3, 0.4) is 0 Å². The van der Waals surface area contributed by atoms with Gasteiger partial charge in [0.15, 0.2) is 0 Å². The minimum Gasteiger partial charge on any atom is -0.370 e. The molecule has 0 aliphatic heterocycles. The van der Waals surface area contributed by atoms with Crippen molar-refractivity contribution in [3.05, 3.63) is 12.4 Å². The van der Waals surface area contributed by atoms with Crippen LogP contribution in [-0.2, 0) is 0 Å². The second kappa shape index (κ2) is 4.64. The van der Waals surface area contributed by atoms with Gasteiger partial charge in [0.25, 0.3) is 0 Å². The van der Waals surface area contributed by atoms with Gasteiger partial charge in [0, 0.05) is 26.7 Å². The van der Waals surface area contributed by atoms with Crippen LogP contribution < -0.4 is 10.2 Å². The highest BCUT2D eigenvalue weighted by Gasteiger charge is 1.98. The van der Waals surface area contributed by atoms with E-state index in [1.807, 2.05) is 25.1 Å². The Balaban J connectivity index is 2.68. The largest absolute Gasteiger partial charge is 0.370 e. The summed E-state index contributed by atoms with van der Waals surface area (Å²) in [5.74, 6) is 1.81. The van der Waals surface area contributed by atoms with E-state index in [2.05, 4.69) is 22.2 Å². The van der Waals surface area contributed by atoms with Crippen LogP contribution in [-0.4, -0.2) is 30.6 Å². The van der Waals surface area contributed by atoms with Gasteiger partial charge in [0.2, 0.25) is 0 Å². The molecule has 0 spiro atoms. The summed E-state index contributed by atoms with van der Waals surface area (Å²) < 4.78 is 0. The molecule has 4 nitrogen and oxygen atoms in total. The highest BCUT2D eigenvalue weighted by Crippen LogP contribution is 2.10. The van der Waals surface area contributed by atoms with Crippen LogP contribution in [0.1, 0.15) is 13.3 Å². The molecular weight excluding hydrogens is 164 g/mol. The molecule has 0 bridgehead atoms. The average molecular weight is 180 g/mol. The molecule has 1 N–H and O–H groups in total. The third kappa shape index (κ3) is 2.89. The van der Waals surface area contributed by atoms with Crippen LogP contribution in [0.25, 0.3) is 0 Å². The lowest BCUT2D eigenvalue weighted by molar-refractivity contribution is 0.959. The highest BCUT2D eigenvalue weighted by atomic mass is 15.2. The van der Waals surface area contributed by atoms with E-state index >= 15 is 0 Å². The Bertz CT molecular complexity index is 260. The highest BCUT2D eigenvalue weighted by molar-refractivity contribution is 5.47. The lowest BCUT2D eigenvalue weighted by Gasteiger charge is -2.11. The van der Waals surface area contributed by atoms with Gasteiger partial charge >= 0.3 is 0 Å². The minimum atomic E-state index is 0.889. The van der Waals surface area contributed by atoms with Crippen molar-refractivity contribution in [1.29, 1.82) is 0 Å². The molecule has 0 saturated heterocycles. The normalized spacial score (nSPS) is 9.77. The zero-order valence-corrected chi connectivity index (χ0v) is 8.41. The summed E-state index contributed by atoms with van der Waals surface area (Å²) in [6.45, 7) is 3.07. The molecule has 0 radical (unpaired) electrons. The van der Waals surface area contributed by atoms with Gasteiger partial charge in [-0.05, 0) is 6.42 Å². The van der Waals surface area contributed by atoms with Crippen molar-refractivity contribution in [2.75, 3.05) is 30.9 Å². The number of hydrogen-bond donors (Lipinski definition) is 1. The quantitative estimate of drug-likeness (QED) is 0.759.